The van der Waals surface area contributed by atoms with Crippen molar-refractivity contribution >= 4 is 5.69 Å². The maximum Gasteiger partial charge on any atom is 0.145 e. The van der Waals surface area contributed by atoms with Crippen molar-refractivity contribution < 1.29 is 9.47 Å². The summed E-state index contributed by atoms with van der Waals surface area (Å²) in [6.45, 7) is 8.88. The van der Waals surface area contributed by atoms with Gasteiger partial charge in [0.15, 0.2) is 0 Å². The van der Waals surface area contributed by atoms with E-state index >= 15 is 0 Å². The molecule has 1 aromatic rings. The normalized spacial score (nSPS) is 18.3. The van der Waals surface area contributed by atoms with Crippen molar-refractivity contribution in [2.45, 2.75) is 20.3 Å². The van der Waals surface area contributed by atoms with Crippen LogP contribution in [0.25, 0.3) is 0 Å². The van der Waals surface area contributed by atoms with Crippen LogP contribution in [0.4, 0.5) is 5.69 Å². The maximum absolute atomic E-state index is 5.51. The SMILES string of the molecule is COc1ccc(N2CCC(CNCC(C)C)C2)c(OC)c1. The molecule has 1 aliphatic rings. The molecule has 1 atom stereocenters. The fourth-order valence-electron chi connectivity index (χ4n) is 2.84. The Bertz CT molecular complexity index is 448. The van der Waals surface area contributed by atoms with E-state index in [9.17, 15) is 0 Å². The van der Waals surface area contributed by atoms with E-state index in [2.05, 4.69) is 30.1 Å². The fraction of sp³-hybridized carbons (Fsp3) is 0.647. The van der Waals surface area contributed by atoms with Gasteiger partial charge < -0.3 is 19.7 Å². The minimum absolute atomic E-state index is 0.712. The minimum atomic E-state index is 0.712. The number of benzene rings is 1. The van der Waals surface area contributed by atoms with E-state index in [1.807, 2.05) is 12.1 Å². The van der Waals surface area contributed by atoms with Crippen LogP contribution in [0.5, 0.6) is 11.5 Å². The Morgan fingerprint density at radius 2 is 2.10 bits per heavy atom. The fourth-order valence-corrected chi connectivity index (χ4v) is 2.84. The molecule has 118 valence electrons. The zero-order chi connectivity index (χ0) is 15.2. The molecule has 0 amide bonds. The highest BCUT2D eigenvalue weighted by atomic mass is 16.5. The van der Waals surface area contributed by atoms with E-state index < -0.39 is 0 Å². The summed E-state index contributed by atoms with van der Waals surface area (Å²) >= 11 is 0. The molecule has 0 aromatic heterocycles. The lowest BCUT2D eigenvalue weighted by molar-refractivity contribution is 0.394. The van der Waals surface area contributed by atoms with Gasteiger partial charge in [-0.3, -0.25) is 0 Å². The molecule has 0 radical (unpaired) electrons. The molecule has 1 fully saturated rings. The molecule has 1 heterocycles. The van der Waals surface area contributed by atoms with Gasteiger partial charge >= 0.3 is 0 Å². The van der Waals surface area contributed by atoms with E-state index in [0.717, 1.165) is 43.6 Å². The van der Waals surface area contributed by atoms with Gasteiger partial charge in [0, 0.05) is 19.2 Å². The monoisotopic (exact) mass is 292 g/mol. The van der Waals surface area contributed by atoms with Crippen LogP contribution in [0.15, 0.2) is 18.2 Å². The molecule has 1 N–H and O–H groups in total. The summed E-state index contributed by atoms with van der Waals surface area (Å²) in [6, 6.07) is 6.06. The van der Waals surface area contributed by atoms with Gasteiger partial charge in [-0.25, -0.2) is 0 Å². The van der Waals surface area contributed by atoms with Crippen LogP contribution in [0.2, 0.25) is 0 Å². The molecule has 1 aliphatic heterocycles. The molecule has 1 saturated heterocycles. The summed E-state index contributed by atoms with van der Waals surface area (Å²) in [6.07, 6.45) is 1.24. The van der Waals surface area contributed by atoms with Gasteiger partial charge in [0.1, 0.15) is 11.5 Å². The van der Waals surface area contributed by atoms with Gasteiger partial charge in [-0.15, -0.1) is 0 Å². The van der Waals surface area contributed by atoms with Crippen LogP contribution >= 0.6 is 0 Å². The summed E-state index contributed by atoms with van der Waals surface area (Å²) in [5.74, 6) is 3.16. The summed E-state index contributed by atoms with van der Waals surface area (Å²) < 4.78 is 10.8. The van der Waals surface area contributed by atoms with Gasteiger partial charge in [-0.05, 0) is 43.5 Å². The number of nitrogens with one attached hydrogen (secondary N) is 1. The first kappa shape index (κ1) is 16.0. The lowest BCUT2D eigenvalue weighted by Crippen LogP contribution is -2.28. The number of nitrogens with zero attached hydrogens (tertiary/aromatic N) is 1. The van der Waals surface area contributed by atoms with E-state index in [0.29, 0.717) is 5.92 Å². The quantitative estimate of drug-likeness (QED) is 0.838. The lowest BCUT2D eigenvalue weighted by atomic mass is 10.1. The van der Waals surface area contributed by atoms with Crippen molar-refractivity contribution in [2.75, 3.05) is 45.3 Å². The highest BCUT2D eigenvalue weighted by Gasteiger charge is 2.24. The van der Waals surface area contributed by atoms with Crippen molar-refractivity contribution in [3.8, 4) is 11.5 Å². The third-order valence-electron chi connectivity index (χ3n) is 4.00. The Balaban J connectivity index is 1.94. The van der Waals surface area contributed by atoms with Gasteiger partial charge in [0.25, 0.3) is 0 Å². The first-order valence-electron chi connectivity index (χ1n) is 7.81. The molecule has 0 aliphatic carbocycles. The Kier molecular flexibility index (Phi) is 5.74. The Hall–Kier alpha value is -1.42. The molecule has 4 nitrogen and oxygen atoms in total. The molecule has 4 heteroatoms. The lowest BCUT2D eigenvalue weighted by Gasteiger charge is -2.22. The summed E-state index contributed by atoms with van der Waals surface area (Å²) in [5, 5.41) is 3.57. The Morgan fingerprint density at radius 3 is 2.76 bits per heavy atom. The molecular weight excluding hydrogens is 264 g/mol. The molecule has 1 aromatic carbocycles. The zero-order valence-corrected chi connectivity index (χ0v) is 13.7. The van der Waals surface area contributed by atoms with Gasteiger partial charge in [0.05, 0.1) is 19.9 Å². The van der Waals surface area contributed by atoms with Crippen LogP contribution in [0.1, 0.15) is 20.3 Å². The molecule has 21 heavy (non-hydrogen) atoms. The molecule has 2 rings (SSSR count). The minimum Gasteiger partial charge on any atom is -0.497 e. The number of rotatable bonds is 7. The largest absolute Gasteiger partial charge is 0.497 e. The van der Waals surface area contributed by atoms with Crippen LogP contribution in [-0.4, -0.2) is 40.4 Å². The maximum atomic E-state index is 5.51. The predicted molar refractivity (Wildman–Crippen MR) is 87.6 cm³/mol. The third-order valence-corrected chi connectivity index (χ3v) is 4.00. The highest BCUT2D eigenvalue weighted by molar-refractivity contribution is 5.61. The predicted octanol–water partition coefficient (Wildman–Crippen LogP) is 2.78. The molecule has 0 saturated carbocycles. The van der Waals surface area contributed by atoms with Crippen LogP contribution in [0, 0.1) is 11.8 Å². The van der Waals surface area contributed by atoms with Crippen molar-refractivity contribution in [3.05, 3.63) is 18.2 Å². The molecule has 1 unspecified atom stereocenters. The number of methoxy groups -OCH3 is 2. The zero-order valence-electron chi connectivity index (χ0n) is 13.7. The van der Waals surface area contributed by atoms with E-state index in [-0.39, 0.29) is 0 Å². The van der Waals surface area contributed by atoms with Crippen molar-refractivity contribution in [2.24, 2.45) is 11.8 Å². The average Bonchev–Trinajstić information content (AvgIpc) is 2.94. The van der Waals surface area contributed by atoms with E-state index in [1.165, 1.54) is 12.1 Å². The Labute approximate surface area is 128 Å². The standard InChI is InChI=1S/C17H28N2O2/c1-13(2)10-18-11-14-7-8-19(12-14)16-6-5-15(20-3)9-17(16)21-4/h5-6,9,13-14,18H,7-8,10-12H2,1-4H3. The number of hydrogen-bond acceptors (Lipinski definition) is 4. The molecule has 0 spiro atoms. The smallest absolute Gasteiger partial charge is 0.145 e. The van der Waals surface area contributed by atoms with Crippen LogP contribution in [-0.2, 0) is 0 Å². The summed E-state index contributed by atoms with van der Waals surface area (Å²) in [5.41, 5.74) is 1.17. The first-order chi connectivity index (χ1) is 10.1. The van der Waals surface area contributed by atoms with E-state index in [1.54, 1.807) is 14.2 Å². The third kappa shape index (κ3) is 4.27. The van der Waals surface area contributed by atoms with Gasteiger partial charge in [-0.2, -0.15) is 0 Å². The molecule has 0 bridgehead atoms. The van der Waals surface area contributed by atoms with Crippen molar-refractivity contribution in [1.29, 1.82) is 0 Å². The number of hydrogen-bond donors (Lipinski definition) is 1. The van der Waals surface area contributed by atoms with Crippen LogP contribution in [0.3, 0.4) is 0 Å². The highest BCUT2D eigenvalue weighted by Crippen LogP contribution is 2.35. The first-order valence-corrected chi connectivity index (χ1v) is 7.81. The van der Waals surface area contributed by atoms with Crippen molar-refractivity contribution in [1.82, 2.24) is 5.32 Å². The van der Waals surface area contributed by atoms with E-state index in [4.69, 9.17) is 9.47 Å². The summed E-state index contributed by atoms with van der Waals surface area (Å²) in [4.78, 5) is 2.42. The number of anilines is 1. The second kappa shape index (κ2) is 7.55. The second-order valence-electron chi connectivity index (χ2n) is 6.19. The van der Waals surface area contributed by atoms with Crippen molar-refractivity contribution in [3.63, 3.8) is 0 Å². The van der Waals surface area contributed by atoms with Crippen LogP contribution < -0.4 is 19.7 Å². The molecular formula is C17H28N2O2. The topological polar surface area (TPSA) is 33.7 Å². The van der Waals surface area contributed by atoms with Gasteiger partial charge in [0.2, 0.25) is 0 Å². The summed E-state index contributed by atoms with van der Waals surface area (Å²) in [7, 11) is 3.40. The number of ether oxygens (including phenoxy) is 2. The average molecular weight is 292 g/mol. The van der Waals surface area contributed by atoms with Gasteiger partial charge in [-0.1, -0.05) is 13.8 Å². The Morgan fingerprint density at radius 1 is 1.29 bits per heavy atom. The second-order valence-corrected chi connectivity index (χ2v) is 6.19.